The number of carbonyl (C=O) groups excluding carboxylic acids is 3. The highest BCUT2D eigenvalue weighted by Crippen LogP contribution is 2.24. The molecule has 3 amide bonds. The van der Waals surface area contributed by atoms with Crippen LogP contribution in [0.2, 0.25) is 5.02 Å². The van der Waals surface area contributed by atoms with Gasteiger partial charge in [0.1, 0.15) is 0 Å². The molecular formula is C28H28ClN3O3. The van der Waals surface area contributed by atoms with Gasteiger partial charge in [-0.25, -0.2) is 0 Å². The van der Waals surface area contributed by atoms with Crippen LogP contribution >= 0.6 is 11.6 Å². The van der Waals surface area contributed by atoms with Crippen LogP contribution in [0.1, 0.15) is 57.1 Å². The van der Waals surface area contributed by atoms with Crippen LogP contribution in [0.3, 0.4) is 0 Å². The second kappa shape index (κ2) is 11.2. The molecule has 0 spiro atoms. The van der Waals surface area contributed by atoms with Gasteiger partial charge in [0.2, 0.25) is 5.91 Å². The lowest BCUT2D eigenvalue weighted by molar-refractivity contribution is -0.116. The summed E-state index contributed by atoms with van der Waals surface area (Å²) in [6.45, 7) is 3.37. The summed E-state index contributed by atoms with van der Waals surface area (Å²) < 4.78 is 0. The average Bonchev–Trinajstić information content (AvgIpc) is 3.40. The maximum absolute atomic E-state index is 13.1. The van der Waals surface area contributed by atoms with Crippen LogP contribution in [0.15, 0.2) is 72.8 Å². The second-order valence-corrected chi connectivity index (χ2v) is 9.05. The van der Waals surface area contributed by atoms with E-state index in [1.165, 1.54) is 0 Å². The summed E-state index contributed by atoms with van der Waals surface area (Å²) in [4.78, 5) is 40.8. The number of nitrogens with zero attached hydrogens (tertiary/aromatic N) is 1. The van der Waals surface area contributed by atoms with Crippen molar-refractivity contribution in [2.24, 2.45) is 0 Å². The predicted octanol–water partition coefficient (Wildman–Crippen LogP) is 5.38. The summed E-state index contributed by atoms with van der Waals surface area (Å²) in [5, 5.41) is 6.22. The largest absolute Gasteiger partial charge is 0.345 e. The van der Waals surface area contributed by atoms with Crippen molar-refractivity contribution in [3.05, 3.63) is 100 Å². The highest BCUT2D eigenvalue weighted by atomic mass is 35.5. The molecule has 7 heteroatoms. The van der Waals surface area contributed by atoms with Gasteiger partial charge in [-0.3, -0.25) is 14.4 Å². The molecule has 6 nitrogen and oxygen atoms in total. The van der Waals surface area contributed by atoms with Crippen LogP contribution in [0.25, 0.3) is 0 Å². The molecule has 3 aromatic carbocycles. The first-order chi connectivity index (χ1) is 16.9. The fourth-order valence-electron chi connectivity index (χ4n) is 4.30. The highest BCUT2D eigenvalue weighted by molar-refractivity contribution is 6.33. The van der Waals surface area contributed by atoms with Crippen molar-refractivity contribution in [1.82, 2.24) is 10.2 Å². The standard InChI is InChI=1S/C28H28ClN3O3/c1-19-21(28(35)32-16-7-8-17-32)13-9-15-24(19)30-26(33)18-25(20-10-3-2-4-11-20)31-27(34)22-12-5-6-14-23(22)29/h2-6,9-15,25H,7-8,16-18H2,1H3,(H,30,33)(H,31,34). The summed E-state index contributed by atoms with van der Waals surface area (Å²) >= 11 is 6.20. The Morgan fingerprint density at radius 1 is 0.886 bits per heavy atom. The first kappa shape index (κ1) is 24.5. The maximum atomic E-state index is 13.1. The van der Waals surface area contributed by atoms with Gasteiger partial charge in [0.25, 0.3) is 11.8 Å². The molecule has 1 unspecified atom stereocenters. The van der Waals surface area contributed by atoms with Crippen molar-refractivity contribution in [3.63, 3.8) is 0 Å². The topological polar surface area (TPSA) is 78.5 Å². The number of carbonyl (C=O) groups is 3. The third-order valence-electron chi connectivity index (χ3n) is 6.25. The molecule has 180 valence electrons. The van der Waals surface area contributed by atoms with Crippen molar-refractivity contribution < 1.29 is 14.4 Å². The van der Waals surface area contributed by atoms with Gasteiger partial charge in [0.15, 0.2) is 0 Å². The number of hydrogen-bond donors (Lipinski definition) is 2. The third kappa shape index (κ3) is 5.89. The smallest absolute Gasteiger partial charge is 0.254 e. The van der Waals surface area contributed by atoms with E-state index in [0.29, 0.717) is 21.8 Å². The molecule has 0 aromatic heterocycles. The van der Waals surface area contributed by atoms with Crippen LogP contribution in [-0.4, -0.2) is 35.7 Å². The predicted molar refractivity (Wildman–Crippen MR) is 138 cm³/mol. The van der Waals surface area contributed by atoms with E-state index >= 15 is 0 Å². The molecule has 1 heterocycles. The summed E-state index contributed by atoms with van der Waals surface area (Å²) in [5.41, 5.74) is 3.06. The summed E-state index contributed by atoms with van der Waals surface area (Å²) in [5.74, 6) is -0.635. The van der Waals surface area contributed by atoms with E-state index in [4.69, 9.17) is 11.6 Å². The van der Waals surface area contributed by atoms with E-state index in [9.17, 15) is 14.4 Å². The number of anilines is 1. The van der Waals surface area contributed by atoms with Gasteiger partial charge in [0.05, 0.1) is 23.0 Å². The third-order valence-corrected chi connectivity index (χ3v) is 6.58. The van der Waals surface area contributed by atoms with E-state index in [2.05, 4.69) is 10.6 Å². The molecule has 1 aliphatic heterocycles. The van der Waals surface area contributed by atoms with Crippen LogP contribution in [0, 0.1) is 6.92 Å². The average molecular weight is 490 g/mol. The zero-order valence-electron chi connectivity index (χ0n) is 19.6. The quantitative estimate of drug-likeness (QED) is 0.467. The van der Waals surface area contributed by atoms with E-state index < -0.39 is 6.04 Å². The van der Waals surface area contributed by atoms with Gasteiger partial charge in [0, 0.05) is 24.3 Å². The van der Waals surface area contributed by atoms with Crippen molar-refractivity contribution in [1.29, 1.82) is 0 Å². The monoisotopic (exact) mass is 489 g/mol. The number of benzene rings is 3. The van der Waals surface area contributed by atoms with Gasteiger partial charge in [-0.1, -0.05) is 60.1 Å². The van der Waals surface area contributed by atoms with E-state index in [-0.39, 0.29) is 24.1 Å². The molecule has 1 atom stereocenters. The lowest BCUT2D eigenvalue weighted by atomic mass is 10.0. The van der Waals surface area contributed by atoms with Crippen molar-refractivity contribution >= 4 is 35.0 Å². The van der Waals surface area contributed by atoms with Crippen molar-refractivity contribution in [3.8, 4) is 0 Å². The normalized spacial score (nSPS) is 13.8. The molecule has 2 N–H and O–H groups in total. The Labute approximate surface area is 210 Å². The lowest BCUT2D eigenvalue weighted by Crippen LogP contribution is -2.32. The molecule has 35 heavy (non-hydrogen) atoms. The van der Waals surface area contributed by atoms with Crippen LogP contribution in [-0.2, 0) is 4.79 Å². The zero-order valence-corrected chi connectivity index (χ0v) is 20.3. The number of nitrogens with one attached hydrogen (secondary N) is 2. The Kier molecular flexibility index (Phi) is 7.83. The molecule has 1 saturated heterocycles. The highest BCUT2D eigenvalue weighted by Gasteiger charge is 2.24. The van der Waals surface area contributed by atoms with Gasteiger partial charge in [-0.15, -0.1) is 0 Å². The maximum Gasteiger partial charge on any atom is 0.254 e. The molecule has 0 bridgehead atoms. The molecule has 0 radical (unpaired) electrons. The van der Waals surface area contributed by atoms with Gasteiger partial charge < -0.3 is 15.5 Å². The molecule has 1 fully saturated rings. The number of halogens is 1. The molecule has 3 aromatic rings. The molecule has 1 aliphatic rings. The van der Waals surface area contributed by atoms with Crippen molar-refractivity contribution in [2.45, 2.75) is 32.2 Å². The number of hydrogen-bond acceptors (Lipinski definition) is 3. The number of amides is 3. The Morgan fingerprint density at radius 2 is 1.54 bits per heavy atom. The minimum absolute atomic E-state index is 0.00901. The first-order valence-electron chi connectivity index (χ1n) is 11.7. The zero-order chi connectivity index (χ0) is 24.8. The molecular weight excluding hydrogens is 462 g/mol. The minimum atomic E-state index is -0.560. The Hall–Kier alpha value is -3.64. The van der Waals surface area contributed by atoms with Gasteiger partial charge in [-0.05, 0) is 55.2 Å². The van der Waals surface area contributed by atoms with E-state index in [0.717, 1.165) is 37.1 Å². The molecule has 4 rings (SSSR count). The van der Waals surface area contributed by atoms with Gasteiger partial charge in [-0.2, -0.15) is 0 Å². The Morgan fingerprint density at radius 3 is 2.26 bits per heavy atom. The van der Waals surface area contributed by atoms with E-state index in [1.807, 2.05) is 42.2 Å². The van der Waals surface area contributed by atoms with Crippen LogP contribution in [0.5, 0.6) is 0 Å². The fourth-order valence-corrected chi connectivity index (χ4v) is 4.52. The Bertz CT molecular complexity index is 1220. The van der Waals surface area contributed by atoms with Crippen molar-refractivity contribution in [2.75, 3.05) is 18.4 Å². The lowest BCUT2D eigenvalue weighted by Gasteiger charge is -2.21. The fraction of sp³-hybridized carbons (Fsp3) is 0.250. The summed E-state index contributed by atoms with van der Waals surface area (Å²) in [6, 6.07) is 20.9. The van der Waals surface area contributed by atoms with Gasteiger partial charge >= 0.3 is 0 Å². The first-order valence-corrected chi connectivity index (χ1v) is 12.1. The summed E-state index contributed by atoms with van der Waals surface area (Å²) in [7, 11) is 0. The molecule has 0 aliphatic carbocycles. The molecule has 0 saturated carbocycles. The number of likely N-dealkylation sites (tertiary alicyclic amines) is 1. The Balaban J connectivity index is 1.51. The SMILES string of the molecule is Cc1c(NC(=O)CC(NC(=O)c2ccccc2Cl)c2ccccc2)cccc1C(=O)N1CCCC1. The van der Waals surface area contributed by atoms with E-state index in [1.54, 1.807) is 42.5 Å². The summed E-state index contributed by atoms with van der Waals surface area (Å²) in [6.07, 6.45) is 2.05. The van der Waals surface area contributed by atoms with Crippen LogP contribution < -0.4 is 10.6 Å². The second-order valence-electron chi connectivity index (χ2n) is 8.65. The number of rotatable bonds is 7. The minimum Gasteiger partial charge on any atom is -0.345 e. The van der Waals surface area contributed by atoms with Crippen LogP contribution in [0.4, 0.5) is 5.69 Å².